The second-order valence-corrected chi connectivity index (χ2v) is 4.55. The van der Waals surface area contributed by atoms with Gasteiger partial charge in [0.1, 0.15) is 0 Å². The summed E-state index contributed by atoms with van der Waals surface area (Å²) in [6, 6.07) is 2.70. The van der Waals surface area contributed by atoms with Gasteiger partial charge in [0.2, 0.25) is 11.8 Å². The van der Waals surface area contributed by atoms with Crippen LogP contribution in [0, 0.1) is 0 Å². The summed E-state index contributed by atoms with van der Waals surface area (Å²) in [5, 5.41) is 2.40. The molecule has 10 heteroatoms. The van der Waals surface area contributed by atoms with Crippen molar-refractivity contribution in [2.45, 2.75) is 12.5 Å². The Morgan fingerprint density at radius 1 is 1.04 bits per heavy atom. The maximum absolute atomic E-state index is 11.9. The first-order valence-electron chi connectivity index (χ1n) is 6.45. The van der Waals surface area contributed by atoms with E-state index in [1.54, 1.807) is 0 Å². The predicted octanol–water partition coefficient (Wildman–Crippen LogP) is -0.177. The van der Waals surface area contributed by atoms with Crippen LogP contribution >= 0.6 is 12.4 Å². The van der Waals surface area contributed by atoms with Crippen molar-refractivity contribution in [3.63, 3.8) is 0 Å². The molecule has 0 spiro atoms. The summed E-state index contributed by atoms with van der Waals surface area (Å²) in [5.41, 5.74) is 10.7. The predicted molar refractivity (Wildman–Crippen MR) is 86.8 cm³/mol. The van der Waals surface area contributed by atoms with E-state index in [1.807, 2.05) is 0 Å². The lowest BCUT2D eigenvalue weighted by Gasteiger charge is -2.12. The molecule has 5 N–H and O–H groups in total. The smallest absolute Gasteiger partial charge is 0.337 e. The normalized spacial score (nSPS) is 10.8. The number of anilines is 1. The molecule has 1 unspecified atom stereocenters. The molecule has 0 fully saturated rings. The fourth-order valence-electron chi connectivity index (χ4n) is 1.72. The van der Waals surface area contributed by atoms with Crippen LogP contribution in [0.4, 0.5) is 5.69 Å². The van der Waals surface area contributed by atoms with Crippen molar-refractivity contribution in [3.8, 4) is 0 Å². The number of nitrogens with one attached hydrogen (secondary N) is 1. The lowest BCUT2D eigenvalue weighted by atomic mass is 10.1. The minimum atomic E-state index is -1.16. The number of benzene rings is 1. The zero-order valence-electron chi connectivity index (χ0n) is 13.0. The first kappa shape index (κ1) is 21.4. The molecule has 1 aromatic carbocycles. The van der Waals surface area contributed by atoms with Gasteiger partial charge in [-0.05, 0) is 18.2 Å². The second-order valence-electron chi connectivity index (χ2n) is 4.55. The van der Waals surface area contributed by atoms with Crippen molar-refractivity contribution in [3.05, 3.63) is 29.3 Å². The summed E-state index contributed by atoms with van der Waals surface area (Å²) in [7, 11) is 2.35. The van der Waals surface area contributed by atoms with E-state index in [0.717, 1.165) is 0 Å². The number of primary amides is 1. The number of ether oxygens (including phenoxy) is 2. The quantitative estimate of drug-likeness (QED) is 0.596. The highest BCUT2D eigenvalue weighted by atomic mass is 35.5. The summed E-state index contributed by atoms with van der Waals surface area (Å²) in [4.78, 5) is 45.9. The number of rotatable bonds is 6. The number of hydrogen-bond acceptors (Lipinski definition) is 7. The van der Waals surface area contributed by atoms with E-state index in [1.165, 1.54) is 32.4 Å². The van der Waals surface area contributed by atoms with Crippen LogP contribution in [0.3, 0.4) is 0 Å². The zero-order valence-corrected chi connectivity index (χ0v) is 13.8. The van der Waals surface area contributed by atoms with Crippen molar-refractivity contribution in [1.82, 2.24) is 0 Å². The van der Waals surface area contributed by atoms with Gasteiger partial charge in [0.15, 0.2) is 0 Å². The monoisotopic (exact) mass is 359 g/mol. The Kier molecular flexibility index (Phi) is 8.43. The highest BCUT2D eigenvalue weighted by molar-refractivity contribution is 6.01. The Morgan fingerprint density at radius 3 is 1.88 bits per heavy atom. The van der Waals surface area contributed by atoms with E-state index in [-0.39, 0.29) is 35.6 Å². The fourth-order valence-corrected chi connectivity index (χ4v) is 1.72. The van der Waals surface area contributed by atoms with Crippen LogP contribution in [0.15, 0.2) is 18.2 Å². The molecule has 1 atom stereocenters. The van der Waals surface area contributed by atoms with Gasteiger partial charge in [0.25, 0.3) is 0 Å². The molecule has 0 heterocycles. The van der Waals surface area contributed by atoms with E-state index in [4.69, 9.17) is 11.5 Å². The lowest BCUT2D eigenvalue weighted by Crippen LogP contribution is -2.39. The fraction of sp³-hybridized carbons (Fsp3) is 0.286. The lowest BCUT2D eigenvalue weighted by molar-refractivity contribution is -0.123. The molecule has 0 radical (unpaired) electrons. The summed E-state index contributed by atoms with van der Waals surface area (Å²) in [6.07, 6.45) is -0.341. The summed E-state index contributed by atoms with van der Waals surface area (Å²) in [6.45, 7) is 0. The van der Waals surface area contributed by atoms with Crippen molar-refractivity contribution < 1.29 is 28.7 Å². The Balaban J connectivity index is 0.00000529. The highest BCUT2D eigenvalue weighted by Crippen LogP contribution is 2.17. The molecule has 0 bridgehead atoms. The average Bonchev–Trinajstić information content (AvgIpc) is 2.52. The summed E-state index contributed by atoms with van der Waals surface area (Å²) in [5.74, 6) is -2.83. The first-order valence-corrected chi connectivity index (χ1v) is 6.45. The molecular weight excluding hydrogens is 342 g/mol. The number of nitrogens with two attached hydrogens (primary N) is 2. The number of methoxy groups -OCH3 is 2. The topological polar surface area (TPSA) is 151 Å². The highest BCUT2D eigenvalue weighted by Gasteiger charge is 2.19. The third-order valence-corrected chi connectivity index (χ3v) is 2.80. The van der Waals surface area contributed by atoms with E-state index >= 15 is 0 Å². The third-order valence-electron chi connectivity index (χ3n) is 2.80. The summed E-state index contributed by atoms with van der Waals surface area (Å²) >= 11 is 0. The largest absolute Gasteiger partial charge is 0.465 e. The third kappa shape index (κ3) is 5.86. The Labute approximate surface area is 144 Å². The van der Waals surface area contributed by atoms with Crippen LogP contribution in [-0.2, 0) is 19.1 Å². The van der Waals surface area contributed by atoms with E-state index in [9.17, 15) is 19.2 Å². The number of hydrogen-bond donors (Lipinski definition) is 3. The van der Waals surface area contributed by atoms with Crippen LogP contribution in [0.2, 0.25) is 0 Å². The Morgan fingerprint density at radius 2 is 1.50 bits per heavy atom. The maximum Gasteiger partial charge on any atom is 0.337 e. The molecule has 24 heavy (non-hydrogen) atoms. The number of esters is 2. The van der Waals surface area contributed by atoms with Crippen molar-refractivity contribution in [2.75, 3.05) is 19.5 Å². The molecular formula is C14H18ClN3O6. The molecule has 0 aromatic heterocycles. The second kappa shape index (κ2) is 9.48. The molecule has 0 saturated carbocycles. The molecule has 132 valence electrons. The molecule has 0 aliphatic carbocycles. The minimum absolute atomic E-state index is 0. The van der Waals surface area contributed by atoms with Gasteiger partial charge in [-0.15, -0.1) is 12.4 Å². The molecule has 0 aliphatic rings. The number of carbonyl (C=O) groups excluding carboxylic acids is 4. The van der Waals surface area contributed by atoms with Crippen molar-refractivity contribution >= 4 is 41.8 Å². The average molecular weight is 360 g/mol. The van der Waals surface area contributed by atoms with E-state index in [0.29, 0.717) is 0 Å². The van der Waals surface area contributed by atoms with Gasteiger partial charge in [-0.2, -0.15) is 0 Å². The van der Waals surface area contributed by atoms with Crippen molar-refractivity contribution in [1.29, 1.82) is 0 Å². The van der Waals surface area contributed by atoms with Gasteiger partial charge < -0.3 is 26.3 Å². The molecule has 1 aromatic rings. The standard InChI is InChI=1S/C14H17N3O6.ClH/c1-22-13(20)7-3-8(14(21)23-2)5-9(4-7)17-12(19)10(15)6-11(16)18;/h3-5,10H,6,15H2,1-2H3,(H2,16,18)(H,17,19);1H. The van der Waals surface area contributed by atoms with Crippen LogP contribution in [-0.4, -0.2) is 44.0 Å². The number of amides is 2. The van der Waals surface area contributed by atoms with E-state index < -0.39 is 29.8 Å². The van der Waals surface area contributed by atoms with Crippen LogP contribution in [0.1, 0.15) is 27.1 Å². The molecule has 1 rings (SSSR count). The zero-order chi connectivity index (χ0) is 17.6. The minimum Gasteiger partial charge on any atom is -0.465 e. The SMILES string of the molecule is COC(=O)c1cc(NC(=O)C(N)CC(N)=O)cc(C(=O)OC)c1.Cl. The molecule has 0 saturated heterocycles. The van der Waals surface area contributed by atoms with Gasteiger partial charge in [-0.25, -0.2) is 9.59 Å². The molecule has 0 aliphatic heterocycles. The number of halogens is 1. The van der Waals surface area contributed by atoms with Gasteiger partial charge in [-0.3, -0.25) is 9.59 Å². The first-order chi connectivity index (χ1) is 10.8. The van der Waals surface area contributed by atoms with Crippen LogP contribution in [0.5, 0.6) is 0 Å². The Bertz CT molecular complexity index is 615. The number of carbonyl (C=O) groups is 4. The maximum atomic E-state index is 11.9. The van der Waals surface area contributed by atoms with Crippen LogP contribution < -0.4 is 16.8 Å². The molecule has 2 amide bonds. The van der Waals surface area contributed by atoms with E-state index in [2.05, 4.69) is 14.8 Å². The van der Waals surface area contributed by atoms with Crippen molar-refractivity contribution in [2.24, 2.45) is 11.5 Å². The van der Waals surface area contributed by atoms with Gasteiger partial charge in [0, 0.05) is 5.69 Å². The van der Waals surface area contributed by atoms with Gasteiger partial charge >= 0.3 is 11.9 Å². The molecule has 9 nitrogen and oxygen atoms in total. The van der Waals surface area contributed by atoms with Gasteiger partial charge in [0.05, 0.1) is 37.8 Å². The Hall–Kier alpha value is -2.65. The van der Waals surface area contributed by atoms with Gasteiger partial charge in [-0.1, -0.05) is 0 Å². The summed E-state index contributed by atoms with van der Waals surface area (Å²) < 4.78 is 9.15. The van der Waals surface area contributed by atoms with Crippen LogP contribution in [0.25, 0.3) is 0 Å².